The first-order chi connectivity index (χ1) is 9.99. The lowest BCUT2D eigenvalue weighted by Gasteiger charge is -2.30. The minimum Gasteiger partial charge on any atom is -0.369 e. The molecule has 0 amide bonds. The van der Waals surface area contributed by atoms with E-state index < -0.39 is 0 Å². The van der Waals surface area contributed by atoms with E-state index in [1.54, 1.807) is 6.07 Å². The maximum absolute atomic E-state index is 14.5. The number of rotatable bonds is 2. The average molecular weight is 284 g/mol. The Kier molecular flexibility index (Phi) is 3.36. The Bertz CT molecular complexity index is 651. The zero-order valence-corrected chi connectivity index (χ0v) is 12.7. The number of halogens is 1. The van der Waals surface area contributed by atoms with Gasteiger partial charge in [0, 0.05) is 37.5 Å². The molecule has 0 atom stereocenters. The van der Waals surface area contributed by atoms with Crippen molar-refractivity contribution < 1.29 is 4.39 Å². The Morgan fingerprint density at radius 1 is 1.19 bits per heavy atom. The summed E-state index contributed by atoms with van der Waals surface area (Å²) in [5.74, 6) is -0.159. The summed E-state index contributed by atoms with van der Waals surface area (Å²) in [5, 5.41) is 0. The highest BCUT2D eigenvalue weighted by Gasteiger charge is 2.24. The van der Waals surface area contributed by atoms with Crippen molar-refractivity contribution in [1.29, 1.82) is 0 Å². The van der Waals surface area contributed by atoms with Crippen molar-refractivity contribution in [3.63, 3.8) is 0 Å². The van der Waals surface area contributed by atoms with Crippen molar-refractivity contribution in [1.82, 2.24) is 0 Å². The van der Waals surface area contributed by atoms with Crippen LogP contribution in [0.1, 0.15) is 25.3 Å². The van der Waals surface area contributed by atoms with Crippen molar-refractivity contribution >= 4 is 16.9 Å². The molecule has 1 saturated heterocycles. The highest BCUT2D eigenvalue weighted by atomic mass is 19.1. The van der Waals surface area contributed by atoms with Crippen LogP contribution in [0.25, 0.3) is 5.57 Å². The van der Waals surface area contributed by atoms with E-state index in [1.165, 1.54) is 0 Å². The second kappa shape index (κ2) is 5.06. The molecule has 3 heteroatoms. The average Bonchev–Trinajstić information content (AvgIpc) is 2.96. The molecule has 0 unspecified atom stereocenters. The van der Waals surface area contributed by atoms with Gasteiger partial charge in [0.2, 0.25) is 0 Å². The van der Waals surface area contributed by atoms with E-state index in [1.807, 2.05) is 31.1 Å². The van der Waals surface area contributed by atoms with Gasteiger partial charge in [-0.15, -0.1) is 0 Å². The van der Waals surface area contributed by atoms with Crippen LogP contribution in [0.3, 0.4) is 0 Å². The topological polar surface area (TPSA) is 6.48 Å². The molecule has 0 bridgehead atoms. The van der Waals surface area contributed by atoms with Crippen LogP contribution in [0.5, 0.6) is 0 Å². The van der Waals surface area contributed by atoms with E-state index in [4.69, 9.17) is 0 Å². The molecule has 0 saturated carbocycles. The van der Waals surface area contributed by atoms with Gasteiger partial charge in [-0.25, -0.2) is 4.39 Å². The van der Waals surface area contributed by atoms with E-state index in [0.717, 1.165) is 53.9 Å². The van der Waals surface area contributed by atoms with E-state index in [9.17, 15) is 4.39 Å². The first kappa shape index (κ1) is 13.9. The summed E-state index contributed by atoms with van der Waals surface area (Å²) in [4.78, 5) is 4.16. The van der Waals surface area contributed by atoms with Gasteiger partial charge in [-0.2, -0.15) is 0 Å². The van der Waals surface area contributed by atoms with Crippen LogP contribution in [0.4, 0.5) is 15.8 Å². The fourth-order valence-electron chi connectivity index (χ4n) is 3.14. The lowest BCUT2D eigenvalue weighted by molar-refractivity contribution is 0.622. The number of benzene rings is 1. The number of hydrogen-bond donors (Lipinski definition) is 0. The third-order valence-electron chi connectivity index (χ3n) is 4.32. The maximum atomic E-state index is 14.5. The van der Waals surface area contributed by atoms with Gasteiger partial charge in [-0.3, -0.25) is 0 Å². The highest BCUT2D eigenvalue weighted by molar-refractivity contribution is 5.92. The van der Waals surface area contributed by atoms with Crippen LogP contribution >= 0.6 is 0 Å². The van der Waals surface area contributed by atoms with Gasteiger partial charge in [0.25, 0.3) is 0 Å². The van der Waals surface area contributed by atoms with Crippen LogP contribution in [0, 0.1) is 5.82 Å². The zero-order valence-electron chi connectivity index (χ0n) is 12.7. The summed E-state index contributed by atoms with van der Waals surface area (Å²) < 4.78 is 14.5. The van der Waals surface area contributed by atoms with E-state index in [-0.39, 0.29) is 5.82 Å². The monoisotopic (exact) mass is 284 g/mol. The molecule has 110 valence electrons. The molecule has 21 heavy (non-hydrogen) atoms. The van der Waals surface area contributed by atoms with Crippen molar-refractivity contribution in [3.05, 3.63) is 54.0 Å². The summed E-state index contributed by atoms with van der Waals surface area (Å²) in [6.07, 6.45) is 4.30. The third kappa shape index (κ3) is 2.27. The van der Waals surface area contributed by atoms with Gasteiger partial charge in [0.1, 0.15) is 5.82 Å². The fourth-order valence-corrected chi connectivity index (χ4v) is 3.14. The van der Waals surface area contributed by atoms with Crippen LogP contribution in [0.2, 0.25) is 0 Å². The SMILES string of the molecule is C=C(C)C1=CN(C)c2cc(N3CCCC3)c(F)cc2C1=C. The maximum Gasteiger partial charge on any atom is 0.147 e. The van der Waals surface area contributed by atoms with Gasteiger partial charge >= 0.3 is 0 Å². The zero-order chi connectivity index (χ0) is 15.1. The molecule has 2 heterocycles. The van der Waals surface area contributed by atoms with Gasteiger partial charge in [0.05, 0.1) is 11.4 Å². The lowest BCUT2D eigenvalue weighted by Crippen LogP contribution is -2.22. The largest absolute Gasteiger partial charge is 0.369 e. The second-order valence-corrected chi connectivity index (χ2v) is 5.93. The molecule has 2 aliphatic rings. The highest BCUT2D eigenvalue weighted by Crippen LogP contribution is 2.41. The molecule has 1 aromatic rings. The Hall–Kier alpha value is -2.03. The first-order valence-electron chi connectivity index (χ1n) is 7.37. The summed E-state index contributed by atoms with van der Waals surface area (Å²) in [7, 11) is 1.99. The summed E-state index contributed by atoms with van der Waals surface area (Å²) in [5.41, 5.74) is 5.35. The Labute approximate surface area is 125 Å². The fraction of sp³-hybridized carbons (Fsp3) is 0.333. The summed E-state index contributed by atoms with van der Waals surface area (Å²) >= 11 is 0. The Morgan fingerprint density at radius 3 is 2.48 bits per heavy atom. The minimum absolute atomic E-state index is 0.159. The van der Waals surface area contributed by atoms with Gasteiger partial charge < -0.3 is 9.80 Å². The second-order valence-electron chi connectivity index (χ2n) is 5.93. The quantitative estimate of drug-likeness (QED) is 0.796. The normalized spacial score (nSPS) is 17.9. The predicted octanol–water partition coefficient (Wildman–Crippen LogP) is 4.35. The van der Waals surface area contributed by atoms with E-state index in [0.29, 0.717) is 5.69 Å². The van der Waals surface area contributed by atoms with Gasteiger partial charge in [-0.1, -0.05) is 13.2 Å². The molecule has 2 aliphatic heterocycles. The van der Waals surface area contributed by atoms with Crippen LogP contribution in [-0.2, 0) is 0 Å². The Morgan fingerprint density at radius 2 is 1.86 bits per heavy atom. The van der Waals surface area contributed by atoms with Crippen molar-refractivity contribution in [2.24, 2.45) is 0 Å². The first-order valence-corrected chi connectivity index (χ1v) is 7.37. The molecular formula is C18H21FN2. The van der Waals surface area contributed by atoms with Crippen molar-refractivity contribution in [3.8, 4) is 0 Å². The summed E-state index contributed by atoms with van der Waals surface area (Å²) in [6, 6.07) is 3.57. The van der Waals surface area contributed by atoms with Gasteiger partial charge in [0.15, 0.2) is 0 Å². The molecule has 3 rings (SSSR count). The standard InChI is InChI=1S/C18H21FN2/c1-12(2)15-11-20(4)17-10-18(21-7-5-6-8-21)16(19)9-14(17)13(15)3/h9-11H,1,3,5-8H2,2,4H3. The van der Waals surface area contributed by atoms with E-state index in [2.05, 4.69) is 18.1 Å². The molecule has 0 N–H and O–H groups in total. The lowest BCUT2D eigenvalue weighted by atomic mass is 9.91. The van der Waals surface area contributed by atoms with Gasteiger partial charge in [-0.05, 0) is 43.0 Å². The molecule has 0 aromatic heterocycles. The third-order valence-corrected chi connectivity index (χ3v) is 4.32. The smallest absolute Gasteiger partial charge is 0.147 e. The van der Waals surface area contributed by atoms with Crippen molar-refractivity contribution in [2.45, 2.75) is 19.8 Å². The minimum atomic E-state index is -0.159. The number of fused-ring (bicyclic) bond motifs is 1. The van der Waals surface area contributed by atoms with Crippen LogP contribution < -0.4 is 9.80 Å². The van der Waals surface area contributed by atoms with Crippen LogP contribution in [-0.4, -0.2) is 20.1 Å². The molecule has 0 radical (unpaired) electrons. The Balaban J connectivity index is 2.08. The number of nitrogens with zero attached hydrogens (tertiary/aromatic N) is 2. The van der Waals surface area contributed by atoms with Crippen LogP contribution in [0.15, 0.2) is 42.6 Å². The number of anilines is 2. The predicted molar refractivity (Wildman–Crippen MR) is 88.2 cm³/mol. The van der Waals surface area contributed by atoms with Crippen molar-refractivity contribution in [2.75, 3.05) is 29.9 Å². The molecule has 0 aliphatic carbocycles. The number of hydrogen-bond acceptors (Lipinski definition) is 2. The summed E-state index contributed by atoms with van der Waals surface area (Å²) in [6.45, 7) is 11.9. The number of allylic oxidation sites excluding steroid dienone is 3. The molecule has 1 aromatic carbocycles. The molecular weight excluding hydrogens is 263 g/mol. The molecule has 1 fully saturated rings. The molecule has 2 nitrogen and oxygen atoms in total. The molecule has 0 spiro atoms. The van der Waals surface area contributed by atoms with E-state index >= 15 is 0 Å².